The standard InChI is InChI=1S/C13H19ClN2O2/c1-9-4-5-10(8-11(9)14)12(13(17)18)15-6-7-16(2)3/h4-5,8,12,15H,6-7H2,1-3H3,(H,17,18). The smallest absolute Gasteiger partial charge is 0.325 e. The molecule has 100 valence electrons. The van der Waals surface area contributed by atoms with Crippen molar-refractivity contribution in [3.05, 3.63) is 34.3 Å². The highest BCUT2D eigenvalue weighted by molar-refractivity contribution is 6.31. The second-order valence-corrected chi connectivity index (χ2v) is 4.94. The number of nitrogens with one attached hydrogen (secondary N) is 1. The van der Waals surface area contributed by atoms with E-state index in [-0.39, 0.29) is 0 Å². The molecule has 0 aliphatic rings. The average Bonchev–Trinajstić information content (AvgIpc) is 2.27. The molecule has 0 spiro atoms. The summed E-state index contributed by atoms with van der Waals surface area (Å²) < 4.78 is 0. The Morgan fingerprint density at radius 2 is 2.17 bits per heavy atom. The van der Waals surface area contributed by atoms with E-state index in [0.717, 1.165) is 12.1 Å². The van der Waals surface area contributed by atoms with Gasteiger partial charge >= 0.3 is 5.97 Å². The van der Waals surface area contributed by atoms with Gasteiger partial charge in [-0.25, -0.2) is 0 Å². The van der Waals surface area contributed by atoms with Crippen LogP contribution in [-0.2, 0) is 4.79 Å². The first kappa shape index (κ1) is 15.0. The summed E-state index contributed by atoms with van der Waals surface area (Å²) >= 11 is 6.02. The lowest BCUT2D eigenvalue weighted by Gasteiger charge is -2.17. The molecular weight excluding hydrogens is 252 g/mol. The summed E-state index contributed by atoms with van der Waals surface area (Å²) in [6, 6.07) is 4.62. The van der Waals surface area contributed by atoms with Crippen molar-refractivity contribution in [3.8, 4) is 0 Å². The fourth-order valence-electron chi connectivity index (χ4n) is 1.57. The quantitative estimate of drug-likeness (QED) is 0.829. The number of halogens is 1. The molecule has 0 aliphatic carbocycles. The average molecular weight is 271 g/mol. The second-order valence-electron chi connectivity index (χ2n) is 4.54. The summed E-state index contributed by atoms with van der Waals surface area (Å²) in [5.41, 5.74) is 1.62. The van der Waals surface area contributed by atoms with Crippen LogP contribution in [0.4, 0.5) is 0 Å². The lowest BCUT2D eigenvalue weighted by molar-refractivity contribution is -0.139. The van der Waals surface area contributed by atoms with Gasteiger partial charge in [0.2, 0.25) is 0 Å². The number of carboxylic acid groups (broad SMARTS) is 1. The zero-order chi connectivity index (χ0) is 13.7. The molecule has 1 aromatic carbocycles. The van der Waals surface area contributed by atoms with Crippen LogP contribution in [0, 0.1) is 6.92 Å². The van der Waals surface area contributed by atoms with Gasteiger partial charge in [-0.05, 0) is 38.2 Å². The number of nitrogens with zero attached hydrogens (tertiary/aromatic N) is 1. The Morgan fingerprint density at radius 1 is 1.50 bits per heavy atom. The number of aryl methyl sites for hydroxylation is 1. The first-order chi connectivity index (χ1) is 8.41. The molecule has 0 bridgehead atoms. The number of hydrogen-bond acceptors (Lipinski definition) is 3. The number of benzene rings is 1. The Balaban J connectivity index is 2.78. The van der Waals surface area contributed by atoms with Crippen molar-refractivity contribution in [1.82, 2.24) is 10.2 Å². The van der Waals surface area contributed by atoms with E-state index < -0.39 is 12.0 Å². The Labute approximate surface area is 113 Å². The normalized spacial score (nSPS) is 12.7. The Bertz CT molecular complexity index is 421. The largest absolute Gasteiger partial charge is 0.480 e. The molecule has 0 heterocycles. The van der Waals surface area contributed by atoms with E-state index in [9.17, 15) is 9.90 Å². The third kappa shape index (κ3) is 4.29. The van der Waals surface area contributed by atoms with E-state index in [4.69, 9.17) is 11.6 Å². The molecule has 4 nitrogen and oxygen atoms in total. The van der Waals surface area contributed by atoms with Crippen LogP contribution < -0.4 is 5.32 Å². The number of carbonyl (C=O) groups is 1. The van der Waals surface area contributed by atoms with Crippen LogP contribution in [0.3, 0.4) is 0 Å². The molecule has 0 saturated heterocycles. The van der Waals surface area contributed by atoms with E-state index in [2.05, 4.69) is 5.32 Å². The van der Waals surface area contributed by atoms with Gasteiger partial charge in [-0.1, -0.05) is 23.7 Å². The minimum absolute atomic E-state index is 0.591. The highest BCUT2D eigenvalue weighted by Gasteiger charge is 2.19. The molecule has 0 saturated carbocycles. The lowest BCUT2D eigenvalue weighted by Crippen LogP contribution is -2.33. The third-order valence-electron chi connectivity index (χ3n) is 2.68. The number of hydrogen-bond donors (Lipinski definition) is 2. The van der Waals surface area contributed by atoms with Crippen LogP contribution in [0.2, 0.25) is 5.02 Å². The molecule has 5 heteroatoms. The van der Waals surface area contributed by atoms with E-state index >= 15 is 0 Å². The van der Waals surface area contributed by atoms with Crippen LogP contribution >= 0.6 is 11.6 Å². The fourth-order valence-corrected chi connectivity index (χ4v) is 1.76. The molecule has 0 amide bonds. The molecule has 1 aromatic rings. The van der Waals surface area contributed by atoms with Gasteiger partial charge in [0.15, 0.2) is 0 Å². The van der Waals surface area contributed by atoms with Crippen molar-refractivity contribution in [2.45, 2.75) is 13.0 Å². The maximum absolute atomic E-state index is 11.3. The van der Waals surface area contributed by atoms with E-state index in [1.54, 1.807) is 12.1 Å². The zero-order valence-electron chi connectivity index (χ0n) is 10.9. The van der Waals surface area contributed by atoms with Crippen molar-refractivity contribution in [1.29, 1.82) is 0 Å². The van der Waals surface area contributed by atoms with E-state index in [0.29, 0.717) is 17.1 Å². The topological polar surface area (TPSA) is 52.6 Å². The molecule has 1 unspecified atom stereocenters. The van der Waals surface area contributed by atoms with E-state index in [1.807, 2.05) is 32.0 Å². The molecule has 1 atom stereocenters. The Morgan fingerprint density at radius 3 is 2.67 bits per heavy atom. The van der Waals surface area contributed by atoms with Gasteiger partial charge in [-0.3, -0.25) is 10.1 Å². The maximum Gasteiger partial charge on any atom is 0.325 e. The van der Waals surface area contributed by atoms with Gasteiger partial charge < -0.3 is 10.0 Å². The predicted octanol–water partition coefficient (Wildman–Crippen LogP) is 1.93. The molecule has 0 aliphatic heterocycles. The van der Waals surface area contributed by atoms with Crippen molar-refractivity contribution in [3.63, 3.8) is 0 Å². The summed E-state index contributed by atoms with van der Waals surface area (Å²) in [7, 11) is 3.89. The van der Waals surface area contributed by atoms with Crippen LogP contribution in [0.25, 0.3) is 0 Å². The molecule has 0 fully saturated rings. The SMILES string of the molecule is Cc1ccc(C(NCCN(C)C)C(=O)O)cc1Cl. The van der Waals surface area contributed by atoms with Gasteiger partial charge in [-0.2, -0.15) is 0 Å². The van der Waals surface area contributed by atoms with Gasteiger partial charge in [0.1, 0.15) is 6.04 Å². The third-order valence-corrected chi connectivity index (χ3v) is 3.09. The summed E-state index contributed by atoms with van der Waals surface area (Å²) in [5.74, 6) is -0.895. The van der Waals surface area contributed by atoms with Crippen molar-refractivity contribution < 1.29 is 9.90 Å². The van der Waals surface area contributed by atoms with Gasteiger partial charge in [0.25, 0.3) is 0 Å². The van der Waals surface area contributed by atoms with Crippen LogP contribution in [0.1, 0.15) is 17.2 Å². The maximum atomic E-state index is 11.3. The Kier molecular flexibility index (Phi) is 5.59. The number of aliphatic carboxylic acids is 1. The lowest BCUT2D eigenvalue weighted by atomic mass is 10.1. The molecular formula is C13H19ClN2O2. The minimum Gasteiger partial charge on any atom is -0.480 e. The second kappa shape index (κ2) is 6.73. The molecule has 0 radical (unpaired) electrons. The van der Waals surface area contributed by atoms with Gasteiger partial charge in [0.05, 0.1) is 0 Å². The van der Waals surface area contributed by atoms with Crippen LogP contribution in [0.15, 0.2) is 18.2 Å². The minimum atomic E-state index is -0.895. The fraction of sp³-hybridized carbons (Fsp3) is 0.462. The van der Waals surface area contributed by atoms with Gasteiger partial charge in [-0.15, -0.1) is 0 Å². The summed E-state index contributed by atoms with van der Waals surface area (Å²) in [6.45, 7) is 3.28. The van der Waals surface area contributed by atoms with Gasteiger partial charge in [0, 0.05) is 18.1 Å². The molecule has 18 heavy (non-hydrogen) atoms. The van der Waals surface area contributed by atoms with Crippen LogP contribution in [-0.4, -0.2) is 43.2 Å². The highest BCUT2D eigenvalue weighted by Crippen LogP contribution is 2.21. The predicted molar refractivity (Wildman–Crippen MR) is 73.1 cm³/mol. The summed E-state index contributed by atoms with van der Waals surface area (Å²) in [5, 5.41) is 12.8. The highest BCUT2D eigenvalue weighted by atomic mass is 35.5. The van der Waals surface area contributed by atoms with E-state index in [1.165, 1.54) is 0 Å². The van der Waals surface area contributed by atoms with Crippen molar-refractivity contribution in [2.75, 3.05) is 27.2 Å². The van der Waals surface area contributed by atoms with Crippen molar-refractivity contribution >= 4 is 17.6 Å². The monoisotopic (exact) mass is 270 g/mol. The first-order valence-electron chi connectivity index (χ1n) is 5.78. The number of rotatable bonds is 6. The number of likely N-dealkylation sites (N-methyl/N-ethyl adjacent to an activating group) is 1. The molecule has 1 rings (SSSR count). The van der Waals surface area contributed by atoms with Crippen LogP contribution in [0.5, 0.6) is 0 Å². The molecule has 2 N–H and O–H groups in total. The van der Waals surface area contributed by atoms with Crippen molar-refractivity contribution in [2.24, 2.45) is 0 Å². The molecule has 0 aromatic heterocycles. The zero-order valence-corrected chi connectivity index (χ0v) is 11.7. The summed E-state index contributed by atoms with van der Waals surface area (Å²) in [4.78, 5) is 13.2. The number of carboxylic acids is 1. The Hall–Kier alpha value is -1.10. The summed E-state index contributed by atoms with van der Waals surface area (Å²) in [6.07, 6.45) is 0. The first-order valence-corrected chi connectivity index (χ1v) is 6.16.